The highest BCUT2D eigenvalue weighted by molar-refractivity contribution is 5.22. The molecule has 0 saturated heterocycles. The Morgan fingerprint density at radius 2 is 1.56 bits per heavy atom. The van der Waals surface area contributed by atoms with Crippen molar-refractivity contribution in [3.8, 4) is 0 Å². The van der Waals surface area contributed by atoms with Gasteiger partial charge in [0, 0.05) is 19.1 Å². The molecule has 18 heavy (non-hydrogen) atoms. The highest BCUT2D eigenvalue weighted by atomic mass is 15.1. The Labute approximate surface area is 112 Å². The molecule has 0 aliphatic heterocycles. The van der Waals surface area contributed by atoms with Crippen LogP contribution in [0.3, 0.4) is 0 Å². The van der Waals surface area contributed by atoms with E-state index in [0.29, 0.717) is 6.04 Å². The van der Waals surface area contributed by atoms with Gasteiger partial charge in [0.15, 0.2) is 0 Å². The number of rotatable bonds is 7. The summed E-state index contributed by atoms with van der Waals surface area (Å²) < 4.78 is 0. The summed E-state index contributed by atoms with van der Waals surface area (Å²) >= 11 is 0. The third-order valence-electron chi connectivity index (χ3n) is 3.32. The molecule has 0 saturated carbocycles. The standard InChI is InChI=1S/C16H28N2/c1-13(2)10-15-6-8-16(9-7-15)12-17-11-14(3)18(4)5/h6-9,13-14,17H,10-12H2,1-5H3. The molecule has 0 fully saturated rings. The van der Waals surface area contributed by atoms with Gasteiger partial charge in [-0.2, -0.15) is 0 Å². The second-order valence-electron chi connectivity index (χ2n) is 5.86. The number of nitrogens with zero attached hydrogens (tertiary/aromatic N) is 1. The Morgan fingerprint density at radius 3 is 2.06 bits per heavy atom. The van der Waals surface area contributed by atoms with Crippen molar-refractivity contribution < 1.29 is 0 Å². The van der Waals surface area contributed by atoms with E-state index < -0.39 is 0 Å². The predicted molar refractivity (Wildman–Crippen MR) is 79.8 cm³/mol. The van der Waals surface area contributed by atoms with Gasteiger partial charge >= 0.3 is 0 Å². The van der Waals surface area contributed by atoms with Crippen LogP contribution >= 0.6 is 0 Å². The lowest BCUT2D eigenvalue weighted by Crippen LogP contribution is -2.35. The monoisotopic (exact) mass is 248 g/mol. The molecule has 0 bridgehead atoms. The number of benzene rings is 1. The van der Waals surface area contributed by atoms with E-state index in [2.05, 4.69) is 69.3 Å². The first-order valence-electron chi connectivity index (χ1n) is 6.94. The van der Waals surface area contributed by atoms with Gasteiger partial charge < -0.3 is 10.2 Å². The van der Waals surface area contributed by atoms with Crippen molar-refractivity contribution in [1.82, 2.24) is 10.2 Å². The summed E-state index contributed by atoms with van der Waals surface area (Å²) in [5.74, 6) is 0.731. The zero-order valence-electron chi connectivity index (χ0n) is 12.5. The van der Waals surface area contributed by atoms with Crippen molar-refractivity contribution >= 4 is 0 Å². The average Bonchev–Trinajstić information content (AvgIpc) is 2.30. The van der Waals surface area contributed by atoms with Crippen LogP contribution in [0, 0.1) is 5.92 Å². The van der Waals surface area contributed by atoms with Crippen LogP contribution in [0.15, 0.2) is 24.3 Å². The minimum absolute atomic E-state index is 0.574. The van der Waals surface area contributed by atoms with E-state index >= 15 is 0 Å². The van der Waals surface area contributed by atoms with E-state index in [9.17, 15) is 0 Å². The molecule has 2 heteroatoms. The smallest absolute Gasteiger partial charge is 0.0206 e. The van der Waals surface area contributed by atoms with E-state index in [1.54, 1.807) is 0 Å². The zero-order chi connectivity index (χ0) is 13.5. The van der Waals surface area contributed by atoms with Crippen LogP contribution in [0.4, 0.5) is 0 Å². The van der Waals surface area contributed by atoms with E-state index in [1.807, 2.05) is 0 Å². The summed E-state index contributed by atoms with van der Waals surface area (Å²) in [4.78, 5) is 2.23. The summed E-state index contributed by atoms with van der Waals surface area (Å²) in [6, 6.07) is 9.57. The Bertz CT molecular complexity index is 327. The number of hydrogen-bond donors (Lipinski definition) is 1. The van der Waals surface area contributed by atoms with E-state index in [4.69, 9.17) is 0 Å². The molecule has 0 heterocycles. The first-order valence-corrected chi connectivity index (χ1v) is 6.94. The fourth-order valence-electron chi connectivity index (χ4n) is 1.87. The van der Waals surface area contributed by atoms with Crippen molar-refractivity contribution in [1.29, 1.82) is 0 Å². The molecule has 2 nitrogen and oxygen atoms in total. The van der Waals surface area contributed by atoms with E-state index in [-0.39, 0.29) is 0 Å². The van der Waals surface area contributed by atoms with Crippen LogP contribution in [0.5, 0.6) is 0 Å². The van der Waals surface area contributed by atoms with Crippen LogP contribution in [0.25, 0.3) is 0 Å². The van der Waals surface area contributed by atoms with E-state index in [1.165, 1.54) is 17.5 Å². The van der Waals surface area contributed by atoms with Gasteiger partial charge in [0.2, 0.25) is 0 Å². The van der Waals surface area contributed by atoms with Gasteiger partial charge in [-0.15, -0.1) is 0 Å². The first kappa shape index (κ1) is 15.2. The van der Waals surface area contributed by atoms with Crippen molar-refractivity contribution in [2.75, 3.05) is 20.6 Å². The fraction of sp³-hybridized carbons (Fsp3) is 0.625. The van der Waals surface area contributed by atoms with Crippen LogP contribution in [0.1, 0.15) is 31.9 Å². The van der Waals surface area contributed by atoms with Crippen molar-refractivity contribution in [3.63, 3.8) is 0 Å². The SMILES string of the molecule is CC(C)Cc1ccc(CNCC(C)N(C)C)cc1. The molecule has 1 unspecified atom stereocenters. The Kier molecular flexibility index (Phi) is 6.37. The maximum absolute atomic E-state index is 3.50. The van der Waals surface area contributed by atoms with Gasteiger partial charge in [0.1, 0.15) is 0 Å². The number of nitrogens with one attached hydrogen (secondary N) is 1. The number of likely N-dealkylation sites (N-methyl/N-ethyl adjacent to an activating group) is 1. The predicted octanol–water partition coefficient (Wildman–Crippen LogP) is 2.92. The molecule has 0 spiro atoms. The maximum atomic E-state index is 3.50. The molecule has 0 amide bonds. The van der Waals surface area contributed by atoms with Gasteiger partial charge in [-0.1, -0.05) is 38.1 Å². The molecule has 1 atom stereocenters. The normalized spacial score (nSPS) is 13.3. The minimum Gasteiger partial charge on any atom is -0.311 e. The zero-order valence-corrected chi connectivity index (χ0v) is 12.5. The molecule has 1 aromatic rings. The largest absolute Gasteiger partial charge is 0.311 e. The maximum Gasteiger partial charge on any atom is 0.0206 e. The van der Waals surface area contributed by atoms with Crippen LogP contribution in [-0.4, -0.2) is 31.6 Å². The van der Waals surface area contributed by atoms with Gasteiger partial charge in [-0.3, -0.25) is 0 Å². The first-order chi connectivity index (χ1) is 8.49. The lowest BCUT2D eigenvalue weighted by Gasteiger charge is -2.20. The highest BCUT2D eigenvalue weighted by Gasteiger charge is 2.03. The second kappa shape index (κ2) is 7.55. The van der Waals surface area contributed by atoms with Crippen LogP contribution in [0.2, 0.25) is 0 Å². The summed E-state index contributed by atoms with van der Waals surface area (Å²) in [7, 11) is 4.24. The summed E-state index contributed by atoms with van der Waals surface area (Å²) in [6.07, 6.45) is 1.17. The Balaban J connectivity index is 2.35. The lowest BCUT2D eigenvalue weighted by molar-refractivity contribution is 0.302. The molecular weight excluding hydrogens is 220 g/mol. The molecule has 102 valence electrons. The van der Waals surface area contributed by atoms with Crippen molar-refractivity contribution in [3.05, 3.63) is 35.4 Å². The summed E-state index contributed by atoms with van der Waals surface area (Å²) in [5.41, 5.74) is 2.81. The molecule has 1 N–H and O–H groups in total. The van der Waals surface area contributed by atoms with Gasteiger partial charge in [-0.05, 0) is 44.5 Å². The molecule has 0 aliphatic carbocycles. The molecule has 1 aromatic carbocycles. The van der Waals surface area contributed by atoms with Crippen LogP contribution in [-0.2, 0) is 13.0 Å². The average molecular weight is 248 g/mol. The topological polar surface area (TPSA) is 15.3 Å². The number of hydrogen-bond acceptors (Lipinski definition) is 2. The molecule has 0 aliphatic rings. The Hall–Kier alpha value is -0.860. The van der Waals surface area contributed by atoms with Crippen LogP contribution < -0.4 is 5.32 Å². The van der Waals surface area contributed by atoms with Gasteiger partial charge in [0.25, 0.3) is 0 Å². The highest BCUT2D eigenvalue weighted by Crippen LogP contribution is 2.09. The molecule has 0 radical (unpaired) electrons. The lowest BCUT2D eigenvalue weighted by atomic mass is 10.0. The van der Waals surface area contributed by atoms with Crippen molar-refractivity contribution in [2.24, 2.45) is 5.92 Å². The molecule has 0 aromatic heterocycles. The Morgan fingerprint density at radius 1 is 1.00 bits per heavy atom. The molecular formula is C16H28N2. The van der Waals surface area contributed by atoms with Gasteiger partial charge in [-0.25, -0.2) is 0 Å². The van der Waals surface area contributed by atoms with E-state index in [0.717, 1.165) is 19.0 Å². The molecule has 1 rings (SSSR count). The quantitative estimate of drug-likeness (QED) is 0.798. The second-order valence-corrected chi connectivity index (χ2v) is 5.86. The third kappa shape index (κ3) is 5.65. The minimum atomic E-state index is 0.574. The van der Waals surface area contributed by atoms with Crippen molar-refractivity contribution in [2.45, 2.75) is 39.8 Å². The fourth-order valence-corrected chi connectivity index (χ4v) is 1.87. The third-order valence-corrected chi connectivity index (χ3v) is 3.32. The summed E-state index contributed by atoms with van der Waals surface area (Å²) in [5, 5.41) is 3.50. The van der Waals surface area contributed by atoms with Gasteiger partial charge in [0.05, 0.1) is 0 Å². The summed E-state index contributed by atoms with van der Waals surface area (Å²) in [6.45, 7) is 8.75.